The number of anilines is 1. The summed E-state index contributed by atoms with van der Waals surface area (Å²) in [5.41, 5.74) is 8.41. The van der Waals surface area contributed by atoms with E-state index in [9.17, 15) is 0 Å². The van der Waals surface area contributed by atoms with E-state index < -0.39 is 0 Å². The fourth-order valence-electron chi connectivity index (χ4n) is 1.85. The quantitative estimate of drug-likeness (QED) is 0.672. The highest BCUT2D eigenvalue weighted by Crippen LogP contribution is 2.25. The lowest BCUT2D eigenvalue weighted by molar-refractivity contribution is 0.413. The molecule has 0 saturated heterocycles. The molecule has 2 aromatic carbocycles. The normalized spacial score (nSPS) is 10.6. The summed E-state index contributed by atoms with van der Waals surface area (Å²) in [5, 5.41) is 0. The molecule has 3 heteroatoms. The molecule has 0 unspecified atom stereocenters. The Kier molecular flexibility index (Phi) is 4.08. The Bertz CT molecular complexity index is 591. The van der Waals surface area contributed by atoms with E-state index in [4.69, 9.17) is 15.2 Å². The van der Waals surface area contributed by atoms with Crippen molar-refractivity contribution in [1.29, 1.82) is 0 Å². The number of nitrogen functional groups attached to an aromatic ring is 1. The first-order valence-corrected chi connectivity index (χ1v) is 5.99. The van der Waals surface area contributed by atoms with Gasteiger partial charge in [-0.2, -0.15) is 0 Å². The van der Waals surface area contributed by atoms with Gasteiger partial charge in [-0.25, -0.2) is 0 Å². The number of hydrogen-bond acceptors (Lipinski definition) is 3. The van der Waals surface area contributed by atoms with Crippen LogP contribution >= 0.6 is 0 Å². The molecule has 0 aromatic heterocycles. The Morgan fingerprint density at radius 3 is 2.16 bits per heavy atom. The van der Waals surface area contributed by atoms with Crippen molar-refractivity contribution in [3.63, 3.8) is 0 Å². The van der Waals surface area contributed by atoms with Crippen molar-refractivity contribution in [3.8, 4) is 11.5 Å². The summed E-state index contributed by atoms with van der Waals surface area (Å²) in [6.07, 6.45) is 3.98. The monoisotopic (exact) mass is 255 g/mol. The van der Waals surface area contributed by atoms with Gasteiger partial charge in [-0.05, 0) is 18.2 Å². The molecule has 0 aliphatic carbocycles. The van der Waals surface area contributed by atoms with Gasteiger partial charge in [-0.15, -0.1) is 0 Å². The van der Waals surface area contributed by atoms with E-state index in [2.05, 4.69) is 0 Å². The smallest absolute Gasteiger partial charge is 0.128 e. The first-order valence-electron chi connectivity index (χ1n) is 5.99. The Hall–Kier alpha value is -2.42. The number of hydrogen-bond donors (Lipinski definition) is 1. The minimum Gasteiger partial charge on any atom is -0.496 e. The van der Waals surface area contributed by atoms with Crippen LogP contribution in [0.4, 0.5) is 5.69 Å². The molecule has 2 N–H and O–H groups in total. The molecule has 2 rings (SSSR count). The second kappa shape index (κ2) is 5.96. The molecule has 2 aromatic rings. The van der Waals surface area contributed by atoms with E-state index in [1.54, 1.807) is 14.2 Å². The Morgan fingerprint density at radius 2 is 1.47 bits per heavy atom. The summed E-state index contributed by atoms with van der Waals surface area (Å²) >= 11 is 0. The molecule has 0 fully saturated rings. The second-order valence-corrected chi connectivity index (χ2v) is 4.08. The van der Waals surface area contributed by atoms with Crippen LogP contribution in [0.15, 0.2) is 42.5 Å². The number of benzene rings is 2. The van der Waals surface area contributed by atoms with E-state index >= 15 is 0 Å². The van der Waals surface area contributed by atoms with Crippen LogP contribution < -0.4 is 15.2 Å². The Balaban J connectivity index is 2.32. The highest BCUT2D eigenvalue weighted by molar-refractivity contribution is 5.75. The van der Waals surface area contributed by atoms with Crippen LogP contribution in [-0.4, -0.2) is 14.2 Å². The van der Waals surface area contributed by atoms with Crippen LogP contribution in [0.2, 0.25) is 0 Å². The fourth-order valence-corrected chi connectivity index (χ4v) is 1.85. The van der Waals surface area contributed by atoms with E-state index in [1.165, 1.54) is 0 Å². The van der Waals surface area contributed by atoms with Crippen LogP contribution in [0, 0.1) is 0 Å². The lowest BCUT2D eigenvalue weighted by atomic mass is 10.1. The standard InChI is InChI=1S/C16H17NO2/c1-18-15-6-4-3-5-12(15)7-8-13-9-10-14(17)11-16(13)19-2/h3-11H,17H2,1-2H3/b8-7+. The third kappa shape index (κ3) is 3.07. The summed E-state index contributed by atoms with van der Waals surface area (Å²) in [6.45, 7) is 0. The summed E-state index contributed by atoms with van der Waals surface area (Å²) < 4.78 is 10.6. The molecule has 0 aliphatic rings. The molecule has 0 saturated carbocycles. The van der Waals surface area contributed by atoms with E-state index in [-0.39, 0.29) is 0 Å². The van der Waals surface area contributed by atoms with Crippen molar-refractivity contribution in [2.45, 2.75) is 0 Å². The highest BCUT2D eigenvalue weighted by atomic mass is 16.5. The molecule has 0 amide bonds. The van der Waals surface area contributed by atoms with Gasteiger partial charge in [0.15, 0.2) is 0 Å². The largest absolute Gasteiger partial charge is 0.496 e. The van der Waals surface area contributed by atoms with Gasteiger partial charge < -0.3 is 15.2 Å². The van der Waals surface area contributed by atoms with Gasteiger partial charge in [-0.3, -0.25) is 0 Å². The first-order chi connectivity index (χ1) is 9.24. The van der Waals surface area contributed by atoms with Gasteiger partial charge in [0.1, 0.15) is 11.5 Å². The van der Waals surface area contributed by atoms with Crippen molar-refractivity contribution in [2.75, 3.05) is 20.0 Å². The molecule has 0 aliphatic heterocycles. The molecule has 0 bridgehead atoms. The van der Waals surface area contributed by atoms with Gasteiger partial charge in [0.25, 0.3) is 0 Å². The molecular weight excluding hydrogens is 238 g/mol. The lowest BCUT2D eigenvalue weighted by Gasteiger charge is -2.06. The number of nitrogens with two attached hydrogens (primary N) is 1. The summed E-state index contributed by atoms with van der Waals surface area (Å²) in [6, 6.07) is 13.4. The zero-order valence-electron chi connectivity index (χ0n) is 11.1. The lowest BCUT2D eigenvalue weighted by Crippen LogP contribution is -1.90. The van der Waals surface area contributed by atoms with E-state index in [1.807, 2.05) is 54.6 Å². The number of methoxy groups -OCH3 is 2. The average molecular weight is 255 g/mol. The molecule has 0 atom stereocenters. The third-order valence-corrected chi connectivity index (χ3v) is 2.84. The molecular formula is C16H17NO2. The van der Waals surface area contributed by atoms with Crippen molar-refractivity contribution < 1.29 is 9.47 Å². The van der Waals surface area contributed by atoms with Crippen LogP contribution in [0.1, 0.15) is 11.1 Å². The van der Waals surface area contributed by atoms with Crippen LogP contribution in [0.25, 0.3) is 12.2 Å². The van der Waals surface area contributed by atoms with E-state index in [0.717, 1.165) is 22.6 Å². The maximum absolute atomic E-state index is 5.73. The van der Waals surface area contributed by atoms with Gasteiger partial charge in [-0.1, -0.05) is 30.4 Å². The Labute approximate surface area is 113 Å². The van der Waals surface area contributed by atoms with Gasteiger partial charge in [0.05, 0.1) is 14.2 Å². The van der Waals surface area contributed by atoms with Gasteiger partial charge in [0, 0.05) is 22.9 Å². The molecule has 19 heavy (non-hydrogen) atoms. The Morgan fingerprint density at radius 1 is 0.842 bits per heavy atom. The zero-order chi connectivity index (χ0) is 13.7. The van der Waals surface area contributed by atoms with Crippen LogP contribution in [0.3, 0.4) is 0 Å². The highest BCUT2D eigenvalue weighted by Gasteiger charge is 2.01. The summed E-state index contributed by atoms with van der Waals surface area (Å²) in [7, 11) is 3.30. The molecule has 3 nitrogen and oxygen atoms in total. The molecule has 0 heterocycles. The summed E-state index contributed by atoms with van der Waals surface area (Å²) in [5.74, 6) is 1.60. The predicted octanol–water partition coefficient (Wildman–Crippen LogP) is 3.46. The van der Waals surface area contributed by atoms with Crippen molar-refractivity contribution >= 4 is 17.8 Å². The third-order valence-electron chi connectivity index (χ3n) is 2.84. The van der Waals surface area contributed by atoms with Crippen LogP contribution in [-0.2, 0) is 0 Å². The topological polar surface area (TPSA) is 44.5 Å². The molecule has 0 spiro atoms. The van der Waals surface area contributed by atoms with Gasteiger partial charge in [0.2, 0.25) is 0 Å². The molecule has 0 radical (unpaired) electrons. The minimum absolute atomic E-state index is 0.686. The number of ether oxygens (including phenoxy) is 2. The van der Waals surface area contributed by atoms with Crippen molar-refractivity contribution in [3.05, 3.63) is 53.6 Å². The van der Waals surface area contributed by atoms with Crippen molar-refractivity contribution in [2.24, 2.45) is 0 Å². The first kappa shape index (κ1) is 13.0. The maximum atomic E-state index is 5.73. The van der Waals surface area contributed by atoms with Crippen molar-refractivity contribution in [1.82, 2.24) is 0 Å². The van der Waals surface area contributed by atoms with E-state index in [0.29, 0.717) is 5.69 Å². The molecule has 98 valence electrons. The van der Waals surface area contributed by atoms with Gasteiger partial charge >= 0.3 is 0 Å². The minimum atomic E-state index is 0.686. The summed E-state index contributed by atoms with van der Waals surface area (Å²) in [4.78, 5) is 0. The predicted molar refractivity (Wildman–Crippen MR) is 79.3 cm³/mol. The zero-order valence-corrected chi connectivity index (χ0v) is 11.1. The SMILES string of the molecule is COc1ccccc1/C=C/c1ccc(N)cc1OC. The maximum Gasteiger partial charge on any atom is 0.128 e. The number of para-hydroxylation sites is 1. The van der Waals surface area contributed by atoms with Crippen LogP contribution in [0.5, 0.6) is 11.5 Å². The average Bonchev–Trinajstić information content (AvgIpc) is 2.46. The fraction of sp³-hybridized carbons (Fsp3) is 0.125. The number of rotatable bonds is 4. The second-order valence-electron chi connectivity index (χ2n) is 4.08.